The van der Waals surface area contributed by atoms with Gasteiger partial charge in [0, 0.05) is 25.0 Å². The number of likely N-dealkylation sites (N-methyl/N-ethyl adjacent to an activating group) is 1. The zero-order chi connectivity index (χ0) is 31.1. The van der Waals surface area contributed by atoms with Crippen molar-refractivity contribution in [3.63, 3.8) is 0 Å². The molecule has 0 heterocycles. The molecular weight excluding hydrogens is 582 g/mol. The van der Waals surface area contributed by atoms with Crippen molar-refractivity contribution in [1.82, 2.24) is 10.2 Å². The highest BCUT2D eigenvalue weighted by Crippen LogP contribution is 2.29. The SMILES string of the molecule is CNC(=O)C(Cc1ccccc1)N(Cc1cccc(C)c1)C(=O)CN(c1ccc(C)c(Cl)c1)S(=O)(=O)c1ccc(C)cc1. The summed E-state index contributed by atoms with van der Waals surface area (Å²) in [6, 6.07) is 27.6. The maximum absolute atomic E-state index is 14.4. The Morgan fingerprint density at radius 3 is 2.12 bits per heavy atom. The second kappa shape index (κ2) is 13.9. The van der Waals surface area contributed by atoms with Gasteiger partial charge < -0.3 is 10.2 Å². The van der Waals surface area contributed by atoms with Crippen LogP contribution in [0.4, 0.5) is 5.69 Å². The molecule has 0 aliphatic rings. The van der Waals surface area contributed by atoms with Crippen LogP contribution in [-0.4, -0.2) is 44.8 Å². The number of sulfonamides is 1. The van der Waals surface area contributed by atoms with E-state index in [1.165, 1.54) is 24.1 Å². The maximum Gasteiger partial charge on any atom is 0.264 e. The molecule has 0 aliphatic carbocycles. The van der Waals surface area contributed by atoms with Crippen molar-refractivity contribution in [2.45, 2.75) is 44.7 Å². The Labute approximate surface area is 259 Å². The Morgan fingerprint density at radius 1 is 0.814 bits per heavy atom. The summed E-state index contributed by atoms with van der Waals surface area (Å²) in [6.07, 6.45) is 0.249. The van der Waals surface area contributed by atoms with E-state index in [2.05, 4.69) is 5.32 Å². The molecule has 0 saturated carbocycles. The number of halogens is 1. The van der Waals surface area contributed by atoms with E-state index in [9.17, 15) is 18.0 Å². The van der Waals surface area contributed by atoms with Gasteiger partial charge in [-0.1, -0.05) is 95.5 Å². The number of carbonyl (C=O) groups is 2. The van der Waals surface area contributed by atoms with Gasteiger partial charge in [0.2, 0.25) is 11.8 Å². The van der Waals surface area contributed by atoms with Gasteiger partial charge in [-0.15, -0.1) is 0 Å². The number of aryl methyl sites for hydroxylation is 3. The van der Waals surface area contributed by atoms with Crippen LogP contribution >= 0.6 is 11.6 Å². The fourth-order valence-corrected chi connectivity index (χ4v) is 6.41. The number of anilines is 1. The van der Waals surface area contributed by atoms with E-state index in [4.69, 9.17) is 11.6 Å². The van der Waals surface area contributed by atoms with Crippen molar-refractivity contribution in [2.24, 2.45) is 0 Å². The van der Waals surface area contributed by atoms with E-state index >= 15 is 0 Å². The van der Waals surface area contributed by atoms with Gasteiger partial charge >= 0.3 is 0 Å². The van der Waals surface area contributed by atoms with Crippen LogP contribution in [0.1, 0.15) is 27.8 Å². The van der Waals surface area contributed by atoms with E-state index in [0.29, 0.717) is 5.02 Å². The molecule has 2 amide bonds. The van der Waals surface area contributed by atoms with Gasteiger partial charge in [0.15, 0.2) is 0 Å². The molecule has 4 aromatic rings. The molecule has 0 aromatic heterocycles. The Hall–Kier alpha value is -4.14. The first-order chi connectivity index (χ1) is 20.5. The summed E-state index contributed by atoms with van der Waals surface area (Å²) < 4.78 is 29.2. The third-order valence-corrected chi connectivity index (χ3v) is 9.48. The Bertz CT molecular complexity index is 1690. The molecule has 4 rings (SSSR count). The molecule has 1 N–H and O–H groups in total. The minimum atomic E-state index is -4.19. The minimum absolute atomic E-state index is 0.0416. The quantitative estimate of drug-likeness (QED) is 0.229. The smallest absolute Gasteiger partial charge is 0.264 e. The topological polar surface area (TPSA) is 86.8 Å². The highest BCUT2D eigenvalue weighted by molar-refractivity contribution is 7.92. The van der Waals surface area contributed by atoms with Crippen molar-refractivity contribution in [1.29, 1.82) is 0 Å². The average molecular weight is 618 g/mol. The predicted octanol–water partition coefficient (Wildman–Crippen LogP) is 5.85. The monoisotopic (exact) mass is 617 g/mol. The summed E-state index contributed by atoms with van der Waals surface area (Å²) in [5.74, 6) is -0.880. The molecule has 0 fully saturated rings. The summed E-state index contributed by atoms with van der Waals surface area (Å²) in [6.45, 7) is 5.21. The lowest BCUT2D eigenvalue weighted by molar-refractivity contribution is -0.139. The third-order valence-electron chi connectivity index (χ3n) is 7.28. The summed E-state index contributed by atoms with van der Waals surface area (Å²) >= 11 is 6.43. The fraction of sp³-hybridized carbons (Fsp3) is 0.235. The molecule has 0 bridgehead atoms. The van der Waals surface area contributed by atoms with E-state index in [1.54, 1.807) is 30.3 Å². The second-order valence-corrected chi connectivity index (χ2v) is 12.9. The zero-order valence-corrected chi connectivity index (χ0v) is 26.3. The highest BCUT2D eigenvalue weighted by Gasteiger charge is 2.34. The molecule has 1 atom stereocenters. The van der Waals surface area contributed by atoms with Gasteiger partial charge in [0.25, 0.3) is 10.0 Å². The van der Waals surface area contributed by atoms with Gasteiger partial charge in [0.1, 0.15) is 12.6 Å². The van der Waals surface area contributed by atoms with Crippen molar-refractivity contribution in [2.75, 3.05) is 17.9 Å². The summed E-state index contributed by atoms with van der Waals surface area (Å²) in [4.78, 5) is 29.2. The van der Waals surface area contributed by atoms with Crippen LogP contribution in [0.15, 0.2) is 102 Å². The molecule has 43 heavy (non-hydrogen) atoms. The second-order valence-electron chi connectivity index (χ2n) is 10.6. The molecular formula is C34H36ClN3O4S. The van der Waals surface area contributed by atoms with E-state index in [0.717, 1.165) is 32.1 Å². The highest BCUT2D eigenvalue weighted by atomic mass is 35.5. The zero-order valence-electron chi connectivity index (χ0n) is 24.7. The molecule has 7 nitrogen and oxygen atoms in total. The minimum Gasteiger partial charge on any atom is -0.357 e. The normalized spacial score (nSPS) is 11.9. The van der Waals surface area contributed by atoms with Crippen LogP contribution in [0, 0.1) is 20.8 Å². The lowest BCUT2D eigenvalue weighted by Gasteiger charge is -2.33. The van der Waals surface area contributed by atoms with Crippen LogP contribution < -0.4 is 9.62 Å². The molecule has 0 spiro atoms. The van der Waals surface area contributed by atoms with E-state index in [1.807, 2.05) is 75.4 Å². The van der Waals surface area contributed by atoms with Crippen LogP contribution in [0.2, 0.25) is 5.02 Å². The molecule has 224 valence electrons. The lowest BCUT2D eigenvalue weighted by atomic mass is 10.0. The largest absolute Gasteiger partial charge is 0.357 e. The Morgan fingerprint density at radius 2 is 1.49 bits per heavy atom. The number of benzene rings is 4. The summed E-state index contributed by atoms with van der Waals surface area (Å²) in [5.41, 5.74) is 4.61. The van der Waals surface area contributed by atoms with Gasteiger partial charge in [-0.25, -0.2) is 8.42 Å². The standard InChI is InChI=1S/C34H36ClN3O4S/c1-24-13-17-30(18-14-24)43(41,42)38(29-16-15-26(3)31(35)21-29)23-33(39)37(22-28-12-8-9-25(2)19-28)32(34(40)36-4)20-27-10-6-5-7-11-27/h5-19,21,32H,20,22-23H2,1-4H3,(H,36,40). The molecule has 0 aliphatic heterocycles. The number of carbonyl (C=O) groups excluding carboxylic acids is 2. The van der Waals surface area contributed by atoms with Crippen molar-refractivity contribution >= 4 is 39.1 Å². The van der Waals surface area contributed by atoms with Crippen LogP contribution in [-0.2, 0) is 32.6 Å². The van der Waals surface area contributed by atoms with Gasteiger partial charge in [0.05, 0.1) is 10.6 Å². The number of hydrogen-bond acceptors (Lipinski definition) is 4. The molecule has 4 aromatic carbocycles. The van der Waals surface area contributed by atoms with Gasteiger partial charge in [-0.3, -0.25) is 13.9 Å². The van der Waals surface area contributed by atoms with Crippen LogP contribution in [0.5, 0.6) is 0 Å². The number of nitrogens with one attached hydrogen (secondary N) is 1. The van der Waals surface area contributed by atoms with Gasteiger partial charge in [-0.2, -0.15) is 0 Å². The maximum atomic E-state index is 14.4. The van der Waals surface area contributed by atoms with E-state index < -0.39 is 28.5 Å². The van der Waals surface area contributed by atoms with Crippen molar-refractivity contribution < 1.29 is 18.0 Å². The third kappa shape index (κ3) is 7.83. The first kappa shape index (κ1) is 31.8. The average Bonchev–Trinajstić information content (AvgIpc) is 2.99. The summed E-state index contributed by atoms with van der Waals surface area (Å²) in [5, 5.41) is 3.07. The predicted molar refractivity (Wildman–Crippen MR) is 172 cm³/mol. The number of rotatable bonds is 11. The lowest BCUT2D eigenvalue weighted by Crippen LogP contribution is -2.53. The van der Waals surface area contributed by atoms with E-state index in [-0.39, 0.29) is 29.5 Å². The fourth-order valence-electron chi connectivity index (χ4n) is 4.83. The molecule has 0 saturated heterocycles. The summed E-state index contributed by atoms with van der Waals surface area (Å²) in [7, 11) is -2.67. The van der Waals surface area contributed by atoms with Crippen molar-refractivity contribution in [3.8, 4) is 0 Å². The number of amides is 2. The van der Waals surface area contributed by atoms with Crippen LogP contribution in [0.25, 0.3) is 0 Å². The van der Waals surface area contributed by atoms with Gasteiger partial charge in [-0.05, 0) is 61.7 Å². The molecule has 1 unspecified atom stereocenters. The molecule has 0 radical (unpaired) electrons. The number of hydrogen-bond donors (Lipinski definition) is 1. The molecule has 9 heteroatoms. The first-order valence-electron chi connectivity index (χ1n) is 14.0. The Kier molecular flexibility index (Phi) is 10.3. The first-order valence-corrected chi connectivity index (χ1v) is 15.8. The Balaban J connectivity index is 1.80. The number of nitrogens with zero attached hydrogens (tertiary/aromatic N) is 2. The van der Waals surface area contributed by atoms with Crippen LogP contribution in [0.3, 0.4) is 0 Å². The van der Waals surface area contributed by atoms with Crippen molar-refractivity contribution in [3.05, 3.63) is 130 Å².